The Labute approximate surface area is 171 Å². The van der Waals surface area contributed by atoms with Crippen LogP contribution < -0.4 is 0 Å². The van der Waals surface area contributed by atoms with Crippen molar-refractivity contribution in [1.29, 1.82) is 0 Å². The zero-order chi connectivity index (χ0) is 19.7. The Balaban J connectivity index is 1.39. The summed E-state index contributed by atoms with van der Waals surface area (Å²) in [5, 5.41) is 12.3. The van der Waals surface area contributed by atoms with Gasteiger partial charge in [-0.05, 0) is 24.1 Å². The van der Waals surface area contributed by atoms with Crippen LogP contribution in [0.3, 0.4) is 0 Å². The van der Waals surface area contributed by atoms with E-state index in [9.17, 15) is 4.79 Å². The molecule has 1 amide bonds. The highest BCUT2D eigenvalue weighted by Crippen LogP contribution is 2.24. The number of halogens is 1. The van der Waals surface area contributed by atoms with Gasteiger partial charge in [0, 0.05) is 23.5 Å². The monoisotopic (exact) mass is 444 g/mol. The molecule has 1 aliphatic heterocycles. The van der Waals surface area contributed by atoms with Crippen LogP contribution in [0.4, 0.5) is 0 Å². The summed E-state index contributed by atoms with van der Waals surface area (Å²) in [7, 11) is 0. The summed E-state index contributed by atoms with van der Waals surface area (Å²) in [5.41, 5.74) is 1.57. The van der Waals surface area contributed by atoms with E-state index in [1.807, 2.05) is 49.2 Å². The van der Waals surface area contributed by atoms with Crippen molar-refractivity contribution in [2.24, 2.45) is 0 Å². The Hall–Kier alpha value is -2.55. The average molecular weight is 445 g/mol. The molecule has 0 bridgehead atoms. The second kappa shape index (κ2) is 7.83. The molecule has 1 aliphatic rings. The summed E-state index contributed by atoms with van der Waals surface area (Å²) >= 11 is 3.41. The summed E-state index contributed by atoms with van der Waals surface area (Å²) < 4.78 is 8.08. The van der Waals surface area contributed by atoms with Gasteiger partial charge in [0.2, 0.25) is 5.91 Å². The van der Waals surface area contributed by atoms with Gasteiger partial charge in [-0.15, -0.1) is 5.10 Å². The lowest BCUT2D eigenvalue weighted by Gasteiger charge is -2.16. The summed E-state index contributed by atoms with van der Waals surface area (Å²) in [5.74, 6) is 1.34. The minimum atomic E-state index is 0.0996. The molecule has 28 heavy (non-hydrogen) atoms. The van der Waals surface area contributed by atoms with Gasteiger partial charge < -0.3 is 9.42 Å². The van der Waals surface area contributed by atoms with Crippen molar-refractivity contribution in [3.05, 3.63) is 46.3 Å². The Morgan fingerprint density at radius 2 is 2.11 bits per heavy atom. The standard InChI is InChI=1S/C19H21BrN6O2/c1-12(2)18-21-19(28-23-18)16-11-26(24-22-16)15-7-8-25(10-15)17(27)9-13-3-5-14(20)6-4-13/h3-6,11-12,15H,7-10H2,1-2H3. The lowest BCUT2D eigenvalue weighted by molar-refractivity contribution is -0.129. The van der Waals surface area contributed by atoms with Gasteiger partial charge in [-0.1, -0.05) is 52.3 Å². The molecular weight excluding hydrogens is 424 g/mol. The first-order chi connectivity index (χ1) is 13.5. The molecule has 1 fully saturated rings. The van der Waals surface area contributed by atoms with Crippen molar-refractivity contribution in [3.63, 3.8) is 0 Å². The van der Waals surface area contributed by atoms with Gasteiger partial charge in [-0.25, -0.2) is 4.68 Å². The molecule has 1 aromatic carbocycles. The van der Waals surface area contributed by atoms with E-state index in [2.05, 4.69) is 36.4 Å². The third-order valence-electron chi connectivity index (χ3n) is 4.85. The van der Waals surface area contributed by atoms with E-state index < -0.39 is 0 Å². The molecular formula is C19H21BrN6O2. The quantitative estimate of drug-likeness (QED) is 0.599. The number of likely N-dealkylation sites (tertiary alicyclic amines) is 1. The first kappa shape index (κ1) is 18.8. The number of nitrogens with zero attached hydrogens (tertiary/aromatic N) is 6. The lowest BCUT2D eigenvalue weighted by atomic mass is 10.1. The van der Waals surface area contributed by atoms with Crippen LogP contribution in [0.1, 0.15) is 43.6 Å². The van der Waals surface area contributed by atoms with Gasteiger partial charge in [0.25, 0.3) is 5.89 Å². The third kappa shape index (κ3) is 3.99. The molecule has 3 heterocycles. The van der Waals surface area contributed by atoms with Gasteiger partial charge in [-0.3, -0.25) is 4.79 Å². The number of hydrogen-bond acceptors (Lipinski definition) is 6. The molecule has 0 N–H and O–H groups in total. The van der Waals surface area contributed by atoms with Crippen molar-refractivity contribution in [2.45, 2.75) is 38.6 Å². The van der Waals surface area contributed by atoms with Crippen LogP contribution >= 0.6 is 15.9 Å². The third-order valence-corrected chi connectivity index (χ3v) is 5.38. The minimum Gasteiger partial charge on any atom is -0.340 e. The number of carbonyl (C=O) groups is 1. The number of hydrogen-bond donors (Lipinski definition) is 0. The molecule has 146 valence electrons. The van der Waals surface area contributed by atoms with Crippen molar-refractivity contribution >= 4 is 21.8 Å². The summed E-state index contributed by atoms with van der Waals surface area (Å²) in [4.78, 5) is 18.8. The molecule has 8 nitrogen and oxygen atoms in total. The Bertz CT molecular complexity index is 965. The Kier molecular flexibility index (Phi) is 5.25. The molecule has 2 aromatic heterocycles. The van der Waals surface area contributed by atoms with E-state index in [4.69, 9.17) is 4.52 Å². The highest BCUT2D eigenvalue weighted by Gasteiger charge is 2.28. The minimum absolute atomic E-state index is 0.0996. The largest absolute Gasteiger partial charge is 0.340 e. The van der Waals surface area contributed by atoms with E-state index in [0.717, 1.165) is 16.5 Å². The Morgan fingerprint density at radius 3 is 2.82 bits per heavy atom. The number of aromatic nitrogens is 5. The van der Waals surface area contributed by atoms with E-state index in [0.29, 0.717) is 36.9 Å². The maximum absolute atomic E-state index is 12.6. The van der Waals surface area contributed by atoms with Crippen molar-refractivity contribution in [2.75, 3.05) is 13.1 Å². The molecule has 0 spiro atoms. The molecule has 4 rings (SSSR count). The molecule has 1 saturated heterocycles. The number of amides is 1. The second-order valence-corrected chi connectivity index (χ2v) is 8.20. The smallest absolute Gasteiger partial charge is 0.280 e. The van der Waals surface area contributed by atoms with E-state index in [1.165, 1.54) is 0 Å². The van der Waals surface area contributed by atoms with E-state index in [-0.39, 0.29) is 17.9 Å². The maximum atomic E-state index is 12.6. The van der Waals surface area contributed by atoms with Crippen molar-refractivity contribution < 1.29 is 9.32 Å². The van der Waals surface area contributed by atoms with Crippen molar-refractivity contribution in [3.8, 4) is 11.6 Å². The first-order valence-electron chi connectivity index (χ1n) is 9.27. The number of rotatable bonds is 5. The second-order valence-electron chi connectivity index (χ2n) is 7.28. The topological polar surface area (TPSA) is 89.9 Å². The fourth-order valence-electron chi connectivity index (χ4n) is 3.20. The zero-order valence-corrected chi connectivity index (χ0v) is 17.3. The highest BCUT2D eigenvalue weighted by atomic mass is 79.9. The highest BCUT2D eigenvalue weighted by molar-refractivity contribution is 9.10. The summed E-state index contributed by atoms with van der Waals surface area (Å²) in [6.07, 6.45) is 3.06. The Morgan fingerprint density at radius 1 is 1.32 bits per heavy atom. The molecule has 0 saturated carbocycles. The van der Waals surface area contributed by atoms with Crippen LogP contribution in [0.2, 0.25) is 0 Å². The van der Waals surface area contributed by atoms with Crippen LogP contribution in [-0.2, 0) is 11.2 Å². The lowest BCUT2D eigenvalue weighted by Crippen LogP contribution is -2.30. The number of carbonyl (C=O) groups excluding carboxylic acids is 1. The number of benzene rings is 1. The van der Waals surface area contributed by atoms with Crippen LogP contribution in [-0.4, -0.2) is 49.0 Å². The van der Waals surface area contributed by atoms with Crippen LogP contribution in [0.5, 0.6) is 0 Å². The summed E-state index contributed by atoms with van der Waals surface area (Å²) in [6, 6.07) is 7.94. The fraction of sp³-hybridized carbons (Fsp3) is 0.421. The molecule has 1 unspecified atom stereocenters. The molecule has 0 radical (unpaired) electrons. The molecule has 3 aromatic rings. The SMILES string of the molecule is CC(C)c1noc(-c2cn(C3CCN(C(=O)Cc4ccc(Br)cc4)C3)nn2)n1. The maximum Gasteiger partial charge on any atom is 0.280 e. The normalized spacial score (nSPS) is 16.9. The van der Waals surface area contributed by atoms with Gasteiger partial charge in [-0.2, -0.15) is 4.98 Å². The van der Waals surface area contributed by atoms with Gasteiger partial charge >= 0.3 is 0 Å². The van der Waals surface area contributed by atoms with Crippen LogP contribution in [0, 0.1) is 0 Å². The predicted octanol–water partition coefficient (Wildman–Crippen LogP) is 3.23. The predicted molar refractivity (Wildman–Crippen MR) is 105 cm³/mol. The molecule has 9 heteroatoms. The van der Waals surface area contributed by atoms with Gasteiger partial charge in [0.05, 0.1) is 18.7 Å². The van der Waals surface area contributed by atoms with E-state index in [1.54, 1.807) is 4.68 Å². The fourth-order valence-corrected chi connectivity index (χ4v) is 3.46. The summed E-state index contributed by atoms with van der Waals surface area (Å²) in [6.45, 7) is 5.35. The molecule has 1 atom stereocenters. The van der Waals surface area contributed by atoms with Gasteiger partial charge in [0.1, 0.15) is 0 Å². The van der Waals surface area contributed by atoms with Crippen LogP contribution in [0.25, 0.3) is 11.6 Å². The van der Waals surface area contributed by atoms with Crippen molar-refractivity contribution in [1.82, 2.24) is 30.0 Å². The van der Waals surface area contributed by atoms with E-state index >= 15 is 0 Å². The van der Waals surface area contributed by atoms with Gasteiger partial charge in [0.15, 0.2) is 11.5 Å². The van der Waals surface area contributed by atoms with Crippen LogP contribution in [0.15, 0.2) is 39.5 Å². The first-order valence-corrected chi connectivity index (χ1v) is 10.1. The molecule has 0 aliphatic carbocycles. The average Bonchev–Trinajstić information content (AvgIpc) is 3.42. The zero-order valence-electron chi connectivity index (χ0n) is 15.7.